The molecule has 1 heterocycles. The number of halogens is 2. The molecular weight excluding hydrogens is 281 g/mol. The topological polar surface area (TPSA) is 54.0 Å². The molecule has 0 saturated heterocycles. The summed E-state index contributed by atoms with van der Waals surface area (Å²) in [6.45, 7) is 1.79. The number of benzene rings is 1. The summed E-state index contributed by atoms with van der Waals surface area (Å²) < 4.78 is 13.6. The summed E-state index contributed by atoms with van der Waals surface area (Å²) in [6, 6.07) is 9.01. The summed E-state index contributed by atoms with van der Waals surface area (Å²) in [5, 5.41) is 5.04. The first-order valence-electron chi connectivity index (χ1n) is 6.00. The maximum absolute atomic E-state index is 13.6. The molecule has 0 aliphatic rings. The highest BCUT2D eigenvalue weighted by Crippen LogP contribution is 2.22. The van der Waals surface area contributed by atoms with Gasteiger partial charge in [0, 0.05) is 6.20 Å². The predicted molar refractivity (Wildman–Crippen MR) is 76.2 cm³/mol. The normalized spacial score (nSPS) is 11.8. The Kier molecular flexibility index (Phi) is 4.53. The molecule has 1 unspecified atom stereocenters. The summed E-state index contributed by atoms with van der Waals surface area (Å²) >= 11 is 5.64. The first kappa shape index (κ1) is 14.3. The van der Waals surface area contributed by atoms with E-state index in [0.29, 0.717) is 5.69 Å². The van der Waals surface area contributed by atoms with E-state index in [2.05, 4.69) is 15.6 Å². The molecule has 1 aromatic heterocycles. The minimum atomic E-state index is -0.658. The van der Waals surface area contributed by atoms with E-state index in [1.54, 1.807) is 31.3 Å². The van der Waals surface area contributed by atoms with Crippen molar-refractivity contribution in [2.75, 3.05) is 5.32 Å². The molecule has 0 bridgehead atoms. The number of urea groups is 1. The molecule has 4 nitrogen and oxygen atoms in total. The number of amides is 2. The van der Waals surface area contributed by atoms with Crippen molar-refractivity contribution in [3.63, 3.8) is 0 Å². The van der Waals surface area contributed by atoms with Crippen molar-refractivity contribution in [3.05, 3.63) is 59.1 Å². The van der Waals surface area contributed by atoms with E-state index >= 15 is 0 Å². The number of hydrogen-bond acceptors (Lipinski definition) is 2. The number of nitrogens with zero attached hydrogens (tertiary/aromatic N) is 1. The van der Waals surface area contributed by atoms with Gasteiger partial charge in [-0.1, -0.05) is 23.7 Å². The molecule has 2 rings (SSSR count). The summed E-state index contributed by atoms with van der Waals surface area (Å²) in [5.41, 5.74) is 0.748. The largest absolute Gasteiger partial charge is 0.330 e. The van der Waals surface area contributed by atoms with Gasteiger partial charge in [-0.25, -0.2) is 9.18 Å². The fraction of sp³-hybridized carbons (Fsp3) is 0.143. The van der Waals surface area contributed by atoms with Gasteiger partial charge >= 0.3 is 6.03 Å². The SMILES string of the molecule is CC(NC(=O)Nc1cccc(Cl)c1F)c1ccccn1. The molecule has 2 aromatic rings. The van der Waals surface area contributed by atoms with Crippen LogP contribution in [0.2, 0.25) is 5.02 Å². The van der Waals surface area contributed by atoms with Gasteiger partial charge in [0.05, 0.1) is 22.4 Å². The highest BCUT2D eigenvalue weighted by molar-refractivity contribution is 6.31. The molecule has 0 radical (unpaired) electrons. The fourth-order valence-electron chi connectivity index (χ4n) is 1.66. The number of pyridine rings is 1. The van der Waals surface area contributed by atoms with Crippen molar-refractivity contribution in [1.82, 2.24) is 10.3 Å². The van der Waals surface area contributed by atoms with Crippen LogP contribution in [0.1, 0.15) is 18.7 Å². The van der Waals surface area contributed by atoms with Gasteiger partial charge in [-0.05, 0) is 31.2 Å². The Morgan fingerprint density at radius 3 is 2.80 bits per heavy atom. The molecular formula is C14H13ClFN3O. The van der Waals surface area contributed by atoms with Crippen LogP contribution < -0.4 is 10.6 Å². The van der Waals surface area contributed by atoms with Crippen LogP contribution in [0.4, 0.5) is 14.9 Å². The lowest BCUT2D eigenvalue weighted by Crippen LogP contribution is -2.31. The predicted octanol–water partition coefficient (Wildman–Crippen LogP) is 3.76. The molecule has 0 spiro atoms. The number of nitrogens with one attached hydrogen (secondary N) is 2. The van der Waals surface area contributed by atoms with Crippen molar-refractivity contribution in [3.8, 4) is 0 Å². The number of hydrogen-bond donors (Lipinski definition) is 2. The maximum Gasteiger partial charge on any atom is 0.319 e. The molecule has 20 heavy (non-hydrogen) atoms. The van der Waals surface area contributed by atoms with Crippen LogP contribution >= 0.6 is 11.6 Å². The number of rotatable bonds is 3. The lowest BCUT2D eigenvalue weighted by molar-refractivity contribution is 0.249. The standard InChI is InChI=1S/C14H13ClFN3O/c1-9(11-6-2-3-8-17-11)18-14(20)19-12-7-4-5-10(15)13(12)16/h2-9H,1H3,(H2,18,19,20). The van der Waals surface area contributed by atoms with E-state index in [-0.39, 0.29) is 16.8 Å². The molecule has 104 valence electrons. The monoisotopic (exact) mass is 293 g/mol. The number of aromatic nitrogens is 1. The van der Waals surface area contributed by atoms with E-state index in [1.165, 1.54) is 12.1 Å². The van der Waals surface area contributed by atoms with Crippen LogP contribution in [0.5, 0.6) is 0 Å². The van der Waals surface area contributed by atoms with Gasteiger partial charge in [0.2, 0.25) is 0 Å². The highest BCUT2D eigenvalue weighted by Gasteiger charge is 2.13. The number of anilines is 1. The van der Waals surface area contributed by atoms with Crippen molar-refractivity contribution in [1.29, 1.82) is 0 Å². The minimum absolute atomic E-state index is 0.0308. The van der Waals surface area contributed by atoms with Crippen molar-refractivity contribution >= 4 is 23.3 Å². The Morgan fingerprint density at radius 1 is 1.30 bits per heavy atom. The van der Waals surface area contributed by atoms with Gasteiger partial charge in [0.1, 0.15) is 0 Å². The zero-order valence-corrected chi connectivity index (χ0v) is 11.5. The van der Waals surface area contributed by atoms with E-state index < -0.39 is 11.8 Å². The van der Waals surface area contributed by atoms with Crippen LogP contribution in [0, 0.1) is 5.82 Å². The quantitative estimate of drug-likeness (QED) is 0.905. The second kappa shape index (κ2) is 6.34. The third kappa shape index (κ3) is 3.45. The second-order valence-electron chi connectivity index (χ2n) is 4.18. The van der Waals surface area contributed by atoms with Crippen LogP contribution in [0.15, 0.2) is 42.6 Å². The van der Waals surface area contributed by atoms with Crippen LogP contribution in [0.3, 0.4) is 0 Å². The summed E-state index contributed by atoms with van der Waals surface area (Å²) in [4.78, 5) is 15.9. The molecule has 2 N–H and O–H groups in total. The molecule has 6 heteroatoms. The average molecular weight is 294 g/mol. The summed E-state index contributed by atoms with van der Waals surface area (Å²) in [7, 11) is 0. The molecule has 1 atom stereocenters. The second-order valence-corrected chi connectivity index (χ2v) is 4.58. The van der Waals surface area contributed by atoms with Crippen molar-refractivity contribution in [2.45, 2.75) is 13.0 Å². The summed E-state index contributed by atoms with van der Waals surface area (Å²) in [5.74, 6) is -0.658. The van der Waals surface area contributed by atoms with Crippen LogP contribution in [-0.4, -0.2) is 11.0 Å². The van der Waals surface area contributed by atoms with Crippen LogP contribution in [0.25, 0.3) is 0 Å². The molecule has 2 amide bonds. The van der Waals surface area contributed by atoms with Gasteiger partial charge in [0.25, 0.3) is 0 Å². The molecule has 1 aromatic carbocycles. The summed E-state index contributed by atoms with van der Waals surface area (Å²) in [6.07, 6.45) is 1.64. The molecule has 0 fully saturated rings. The van der Waals surface area contributed by atoms with E-state index in [0.717, 1.165) is 0 Å². The lowest BCUT2D eigenvalue weighted by Gasteiger charge is -2.14. The average Bonchev–Trinajstić information content (AvgIpc) is 2.45. The Hall–Kier alpha value is -2.14. The van der Waals surface area contributed by atoms with Gasteiger partial charge < -0.3 is 10.6 Å². The first-order valence-corrected chi connectivity index (χ1v) is 6.38. The minimum Gasteiger partial charge on any atom is -0.330 e. The number of carbonyl (C=O) groups excluding carboxylic acids is 1. The van der Waals surface area contributed by atoms with Crippen molar-refractivity contribution < 1.29 is 9.18 Å². The molecule has 0 aliphatic heterocycles. The van der Waals surface area contributed by atoms with Gasteiger partial charge in [-0.3, -0.25) is 4.98 Å². The third-order valence-corrected chi connectivity index (χ3v) is 2.97. The van der Waals surface area contributed by atoms with E-state index in [1.807, 2.05) is 6.07 Å². The van der Waals surface area contributed by atoms with Gasteiger partial charge in [-0.2, -0.15) is 0 Å². The van der Waals surface area contributed by atoms with Crippen molar-refractivity contribution in [2.24, 2.45) is 0 Å². The highest BCUT2D eigenvalue weighted by atomic mass is 35.5. The molecule has 0 aliphatic carbocycles. The first-order chi connectivity index (χ1) is 9.58. The zero-order chi connectivity index (χ0) is 14.5. The Balaban J connectivity index is 2.01. The fourth-order valence-corrected chi connectivity index (χ4v) is 1.84. The van der Waals surface area contributed by atoms with Crippen LogP contribution in [-0.2, 0) is 0 Å². The van der Waals surface area contributed by atoms with E-state index in [4.69, 9.17) is 11.6 Å². The Morgan fingerprint density at radius 2 is 2.10 bits per heavy atom. The van der Waals surface area contributed by atoms with E-state index in [9.17, 15) is 9.18 Å². The molecule has 0 saturated carbocycles. The van der Waals surface area contributed by atoms with Gasteiger partial charge in [-0.15, -0.1) is 0 Å². The zero-order valence-electron chi connectivity index (χ0n) is 10.7. The Labute approximate surface area is 121 Å². The van der Waals surface area contributed by atoms with Gasteiger partial charge in [0.15, 0.2) is 5.82 Å². The third-order valence-electron chi connectivity index (χ3n) is 2.68. The lowest BCUT2D eigenvalue weighted by atomic mass is 10.2. The number of carbonyl (C=O) groups is 1. The smallest absolute Gasteiger partial charge is 0.319 e. The Bertz CT molecular complexity index is 607. The maximum atomic E-state index is 13.6.